The van der Waals surface area contributed by atoms with Gasteiger partial charge < -0.3 is 5.11 Å². The lowest BCUT2D eigenvalue weighted by Crippen LogP contribution is -2.02. The Bertz CT molecular complexity index is 331. The first-order valence-corrected chi connectivity index (χ1v) is 5.92. The number of hydrogen-bond donors (Lipinski definition) is 1. The first-order chi connectivity index (χ1) is 7.25. The SMILES string of the molecule is CCCCCSc1nnccc1C(=O)O. The minimum atomic E-state index is -0.942. The van der Waals surface area contributed by atoms with Crippen LogP contribution in [0.3, 0.4) is 0 Å². The fraction of sp³-hybridized carbons (Fsp3) is 0.500. The fourth-order valence-electron chi connectivity index (χ4n) is 1.11. The fourth-order valence-corrected chi connectivity index (χ4v) is 2.07. The summed E-state index contributed by atoms with van der Waals surface area (Å²) in [6, 6.07) is 1.48. The van der Waals surface area contributed by atoms with E-state index in [4.69, 9.17) is 5.11 Å². The minimum Gasteiger partial charge on any atom is -0.478 e. The number of rotatable bonds is 6. The van der Waals surface area contributed by atoms with Crippen molar-refractivity contribution in [1.82, 2.24) is 10.2 Å². The summed E-state index contributed by atoms with van der Waals surface area (Å²) in [5.41, 5.74) is 0.242. The molecule has 0 saturated heterocycles. The summed E-state index contributed by atoms with van der Waals surface area (Å²) in [4.78, 5) is 10.8. The van der Waals surface area contributed by atoms with Gasteiger partial charge in [-0.25, -0.2) is 4.79 Å². The van der Waals surface area contributed by atoms with Crippen molar-refractivity contribution in [2.45, 2.75) is 31.2 Å². The topological polar surface area (TPSA) is 63.1 Å². The molecular formula is C10H14N2O2S. The lowest BCUT2D eigenvalue weighted by Gasteiger charge is -2.02. The number of hydrogen-bond acceptors (Lipinski definition) is 4. The highest BCUT2D eigenvalue weighted by Crippen LogP contribution is 2.20. The van der Waals surface area contributed by atoms with Gasteiger partial charge in [0.2, 0.25) is 0 Å². The van der Waals surface area contributed by atoms with Gasteiger partial charge in [0.1, 0.15) is 5.03 Å². The Morgan fingerprint density at radius 1 is 1.53 bits per heavy atom. The van der Waals surface area contributed by atoms with E-state index in [1.165, 1.54) is 24.0 Å². The lowest BCUT2D eigenvalue weighted by molar-refractivity contribution is 0.0692. The van der Waals surface area contributed by atoms with Crippen LogP contribution in [0.5, 0.6) is 0 Å². The minimum absolute atomic E-state index is 0.242. The molecule has 15 heavy (non-hydrogen) atoms. The first-order valence-electron chi connectivity index (χ1n) is 4.93. The molecule has 82 valence electrons. The molecule has 0 unspecified atom stereocenters. The third-order valence-corrected chi connectivity index (χ3v) is 2.97. The summed E-state index contributed by atoms with van der Waals surface area (Å²) >= 11 is 1.46. The molecule has 5 heteroatoms. The van der Waals surface area contributed by atoms with E-state index in [1.807, 2.05) is 0 Å². The van der Waals surface area contributed by atoms with E-state index in [0.29, 0.717) is 5.03 Å². The van der Waals surface area contributed by atoms with E-state index in [0.717, 1.165) is 25.0 Å². The Kier molecular flexibility index (Phi) is 5.10. The average Bonchev–Trinajstić information content (AvgIpc) is 2.25. The number of aromatic nitrogens is 2. The number of aromatic carboxylic acids is 1. The van der Waals surface area contributed by atoms with Gasteiger partial charge >= 0.3 is 5.97 Å². The molecule has 1 heterocycles. The van der Waals surface area contributed by atoms with Gasteiger partial charge in [0, 0.05) is 0 Å². The number of nitrogens with zero attached hydrogens (tertiary/aromatic N) is 2. The molecule has 0 bridgehead atoms. The summed E-state index contributed by atoms with van der Waals surface area (Å²) in [6.45, 7) is 2.13. The van der Waals surface area contributed by atoms with E-state index in [-0.39, 0.29) is 5.56 Å². The molecule has 0 atom stereocenters. The maximum Gasteiger partial charge on any atom is 0.338 e. The molecule has 0 aliphatic heterocycles. The molecule has 0 aromatic carbocycles. The molecule has 0 amide bonds. The molecule has 0 aliphatic carbocycles. The zero-order valence-electron chi connectivity index (χ0n) is 8.64. The maximum atomic E-state index is 10.8. The average molecular weight is 226 g/mol. The Labute approximate surface area is 93.1 Å². The van der Waals surface area contributed by atoms with Gasteiger partial charge in [-0.2, -0.15) is 5.10 Å². The van der Waals surface area contributed by atoms with Crippen LogP contribution in [-0.4, -0.2) is 27.0 Å². The van der Waals surface area contributed by atoms with Crippen molar-refractivity contribution >= 4 is 17.7 Å². The van der Waals surface area contributed by atoms with Crippen LogP contribution in [0, 0.1) is 0 Å². The molecule has 1 aromatic rings. The summed E-state index contributed by atoms with van der Waals surface area (Å²) in [5, 5.41) is 16.9. The summed E-state index contributed by atoms with van der Waals surface area (Å²) in [7, 11) is 0. The number of carboxylic acids is 1. The van der Waals surface area contributed by atoms with Gasteiger partial charge in [-0.3, -0.25) is 0 Å². The highest BCUT2D eigenvalue weighted by atomic mass is 32.2. The van der Waals surface area contributed by atoms with Crippen molar-refractivity contribution < 1.29 is 9.90 Å². The summed E-state index contributed by atoms with van der Waals surface area (Å²) < 4.78 is 0. The Balaban J connectivity index is 2.56. The largest absolute Gasteiger partial charge is 0.478 e. The number of unbranched alkanes of at least 4 members (excludes halogenated alkanes) is 2. The second-order valence-corrected chi connectivity index (χ2v) is 4.19. The van der Waals surface area contributed by atoms with Crippen LogP contribution in [0.25, 0.3) is 0 Å². The molecule has 0 radical (unpaired) electrons. The van der Waals surface area contributed by atoms with Crippen molar-refractivity contribution in [3.05, 3.63) is 17.8 Å². The highest BCUT2D eigenvalue weighted by Gasteiger charge is 2.11. The molecule has 0 aliphatic rings. The zero-order valence-corrected chi connectivity index (χ0v) is 9.46. The molecule has 0 saturated carbocycles. The van der Waals surface area contributed by atoms with Crippen LogP contribution in [-0.2, 0) is 0 Å². The lowest BCUT2D eigenvalue weighted by atomic mass is 10.3. The second-order valence-electron chi connectivity index (χ2n) is 3.11. The smallest absolute Gasteiger partial charge is 0.338 e. The van der Waals surface area contributed by atoms with E-state index in [9.17, 15) is 4.79 Å². The van der Waals surface area contributed by atoms with Crippen LogP contribution >= 0.6 is 11.8 Å². The normalized spacial score (nSPS) is 10.2. The van der Waals surface area contributed by atoms with Crippen molar-refractivity contribution in [2.24, 2.45) is 0 Å². The molecule has 0 fully saturated rings. The number of thioether (sulfide) groups is 1. The predicted molar refractivity (Wildman–Crippen MR) is 59.2 cm³/mol. The Hall–Kier alpha value is -1.10. The van der Waals surface area contributed by atoms with E-state index in [2.05, 4.69) is 17.1 Å². The molecule has 1 aromatic heterocycles. The van der Waals surface area contributed by atoms with E-state index >= 15 is 0 Å². The summed E-state index contributed by atoms with van der Waals surface area (Å²) in [5.74, 6) is -0.0461. The number of carboxylic acid groups (broad SMARTS) is 1. The highest BCUT2D eigenvalue weighted by molar-refractivity contribution is 7.99. The predicted octanol–water partition coefficient (Wildman–Crippen LogP) is 2.46. The standard InChI is InChI=1S/C10H14N2O2S/c1-2-3-4-7-15-9-8(10(13)14)5-6-11-12-9/h5-6H,2-4,7H2,1H3,(H,13,14). The monoisotopic (exact) mass is 226 g/mol. The van der Waals surface area contributed by atoms with E-state index < -0.39 is 5.97 Å². The van der Waals surface area contributed by atoms with Crippen molar-refractivity contribution in [3.8, 4) is 0 Å². The van der Waals surface area contributed by atoms with Gasteiger partial charge in [0.15, 0.2) is 0 Å². The van der Waals surface area contributed by atoms with Gasteiger partial charge in [-0.1, -0.05) is 19.8 Å². The van der Waals surface area contributed by atoms with Gasteiger partial charge in [0.05, 0.1) is 11.8 Å². The van der Waals surface area contributed by atoms with Crippen LogP contribution < -0.4 is 0 Å². The maximum absolute atomic E-state index is 10.8. The van der Waals surface area contributed by atoms with Gasteiger partial charge in [0.25, 0.3) is 0 Å². The molecule has 1 rings (SSSR count). The van der Waals surface area contributed by atoms with Gasteiger partial charge in [-0.15, -0.1) is 16.9 Å². The second kappa shape index (κ2) is 6.40. The third-order valence-electron chi connectivity index (χ3n) is 1.90. The Morgan fingerprint density at radius 3 is 3.00 bits per heavy atom. The Morgan fingerprint density at radius 2 is 2.33 bits per heavy atom. The molecule has 0 spiro atoms. The van der Waals surface area contributed by atoms with Crippen LogP contribution in [0.15, 0.2) is 17.3 Å². The number of carbonyl (C=O) groups is 1. The third kappa shape index (κ3) is 3.87. The van der Waals surface area contributed by atoms with Crippen LogP contribution in [0.4, 0.5) is 0 Å². The quantitative estimate of drug-likeness (QED) is 0.596. The van der Waals surface area contributed by atoms with Crippen molar-refractivity contribution in [2.75, 3.05) is 5.75 Å². The molecular weight excluding hydrogens is 212 g/mol. The van der Waals surface area contributed by atoms with Crippen molar-refractivity contribution in [1.29, 1.82) is 0 Å². The summed E-state index contributed by atoms with van der Waals surface area (Å²) in [6.07, 6.45) is 4.80. The van der Waals surface area contributed by atoms with Crippen molar-refractivity contribution in [3.63, 3.8) is 0 Å². The van der Waals surface area contributed by atoms with E-state index in [1.54, 1.807) is 0 Å². The first kappa shape index (κ1) is 12.0. The molecule has 1 N–H and O–H groups in total. The zero-order chi connectivity index (χ0) is 11.1. The van der Waals surface area contributed by atoms with Crippen LogP contribution in [0.1, 0.15) is 36.5 Å². The van der Waals surface area contributed by atoms with Gasteiger partial charge in [-0.05, 0) is 18.2 Å². The molecule has 4 nitrogen and oxygen atoms in total. The van der Waals surface area contributed by atoms with Crippen LogP contribution in [0.2, 0.25) is 0 Å².